The predicted molar refractivity (Wildman–Crippen MR) is 77.4 cm³/mol. The van der Waals surface area contributed by atoms with Crippen molar-refractivity contribution < 1.29 is 9.47 Å². The third kappa shape index (κ3) is 1.95. The minimum Gasteiger partial charge on any atom is -0.486 e. The molecule has 0 saturated carbocycles. The molecule has 0 aliphatic carbocycles. The van der Waals surface area contributed by atoms with Crippen LogP contribution in [0.25, 0.3) is 0 Å². The van der Waals surface area contributed by atoms with Crippen molar-refractivity contribution >= 4 is 0 Å². The number of hydrogen-bond donors (Lipinski definition) is 1. The summed E-state index contributed by atoms with van der Waals surface area (Å²) in [7, 11) is 0. The lowest BCUT2D eigenvalue weighted by Crippen LogP contribution is -2.31. The molecule has 0 saturated heterocycles. The highest BCUT2D eigenvalue weighted by Gasteiger charge is 2.24. The van der Waals surface area contributed by atoms with Crippen LogP contribution < -0.4 is 14.8 Å². The van der Waals surface area contributed by atoms with Gasteiger partial charge in [-0.2, -0.15) is 0 Å². The predicted octanol–water partition coefficient (Wildman–Crippen LogP) is 2.69. The molecule has 2 aromatic rings. The van der Waals surface area contributed by atoms with Gasteiger partial charge in [0, 0.05) is 6.54 Å². The minimum atomic E-state index is 0.246. The van der Waals surface area contributed by atoms with Gasteiger partial charge in [-0.3, -0.25) is 0 Å². The van der Waals surface area contributed by atoms with E-state index in [1.54, 1.807) is 0 Å². The van der Waals surface area contributed by atoms with E-state index in [1.165, 1.54) is 16.7 Å². The summed E-state index contributed by atoms with van der Waals surface area (Å²) in [5.41, 5.74) is 3.97. The minimum absolute atomic E-state index is 0.246. The highest BCUT2D eigenvalue weighted by Crippen LogP contribution is 2.38. The Balaban J connectivity index is 1.80. The maximum Gasteiger partial charge on any atom is 0.161 e. The maximum atomic E-state index is 5.72. The van der Waals surface area contributed by atoms with Gasteiger partial charge in [0.05, 0.1) is 6.04 Å². The van der Waals surface area contributed by atoms with Crippen LogP contribution in [0, 0.1) is 0 Å². The molecule has 3 nitrogen and oxygen atoms in total. The van der Waals surface area contributed by atoms with E-state index in [1.807, 2.05) is 0 Å². The lowest BCUT2D eigenvalue weighted by molar-refractivity contribution is 0.171. The summed E-state index contributed by atoms with van der Waals surface area (Å²) in [5, 5.41) is 3.60. The maximum absolute atomic E-state index is 5.72. The van der Waals surface area contributed by atoms with Gasteiger partial charge < -0.3 is 14.8 Å². The highest BCUT2D eigenvalue weighted by atomic mass is 16.6. The van der Waals surface area contributed by atoms with Crippen molar-refractivity contribution in [2.45, 2.75) is 12.5 Å². The molecule has 2 aliphatic rings. The Bertz CT molecular complexity index is 624. The number of hydrogen-bond acceptors (Lipinski definition) is 3. The van der Waals surface area contributed by atoms with Gasteiger partial charge in [-0.1, -0.05) is 30.3 Å². The molecule has 3 heteroatoms. The van der Waals surface area contributed by atoms with Gasteiger partial charge in [-0.05, 0) is 35.2 Å². The number of rotatable bonds is 1. The second-order valence-electron chi connectivity index (χ2n) is 5.24. The van der Waals surface area contributed by atoms with Crippen LogP contribution in [0.3, 0.4) is 0 Å². The van der Waals surface area contributed by atoms with Crippen molar-refractivity contribution in [1.82, 2.24) is 5.32 Å². The van der Waals surface area contributed by atoms with Crippen LogP contribution in [0.2, 0.25) is 0 Å². The molecular formula is C17H17NO2. The van der Waals surface area contributed by atoms with Crippen molar-refractivity contribution in [1.29, 1.82) is 0 Å². The molecule has 4 rings (SSSR count). The molecule has 0 radical (unpaired) electrons. The average molecular weight is 267 g/mol. The lowest BCUT2D eigenvalue weighted by atomic mass is 9.89. The molecule has 20 heavy (non-hydrogen) atoms. The largest absolute Gasteiger partial charge is 0.486 e. The summed E-state index contributed by atoms with van der Waals surface area (Å²) in [5.74, 6) is 1.77. The van der Waals surface area contributed by atoms with E-state index in [9.17, 15) is 0 Å². The van der Waals surface area contributed by atoms with Crippen molar-refractivity contribution in [2.24, 2.45) is 0 Å². The van der Waals surface area contributed by atoms with E-state index in [0.717, 1.165) is 24.5 Å². The molecule has 0 unspecified atom stereocenters. The van der Waals surface area contributed by atoms with Crippen LogP contribution in [0.1, 0.15) is 22.7 Å². The smallest absolute Gasteiger partial charge is 0.161 e. The van der Waals surface area contributed by atoms with Crippen LogP contribution in [-0.2, 0) is 6.42 Å². The van der Waals surface area contributed by atoms with Gasteiger partial charge in [0.15, 0.2) is 11.5 Å². The molecule has 2 heterocycles. The molecule has 0 aromatic heterocycles. The van der Waals surface area contributed by atoms with Crippen LogP contribution in [0.15, 0.2) is 42.5 Å². The number of fused-ring (bicyclic) bond motifs is 2. The van der Waals surface area contributed by atoms with Gasteiger partial charge in [0.25, 0.3) is 0 Å². The fourth-order valence-electron chi connectivity index (χ4n) is 3.04. The Hall–Kier alpha value is -2.00. The van der Waals surface area contributed by atoms with Crippen molar-refractivity contribution in [2.75, 3.05) is 19.8 Å². The fourth-order valence-corrected chi connectivity index (χ4v) is 3.04. The second kappa shape index (κ2) is 4.84. The summed E-state index contributed by atoms with van der Waals surface area (Å²) in [4.78, 5) is 0. The van der Waals surface area contributed by atoms with E-state index < -0.39 is 0 Å². The van der Waals surface area contributed by atoms with E-state index in [4.69, 9.17) is 9.47 Å². The van der Waals surface area contributed by atoms with Gasteiger partial charge in [-0.15, -0.1) is 0 Å². The molecule has 1 N–H and O–H groups in total. The SMILES string of the molecule is c1ccc([C@H]2NCCc3cc4c(cc32)OCCO4)cc1. The fraction of sp³-hybridized carbons (Fsp3) is 0.294. The first-order valence-corrected chi connectivity index (χ1v) is 7.12. The first kappa shape index (κ1) is 11.8. The molecule has 0 amide bonds. The van der Waals surface area contributed by atoms with E-state index >= 15 is 0 Å². The average Bonchev–Trinajstić information content (AvgIpc) is 2.53. The highest BCUT2D eigenvalue weighted by molar-refractivity contribution is 5.52. The summed E-state index contributed by atoms with van der Waals surface area (Å²) in [6.45, 7) is 2.27. The summed E-state index contributed by atoms with van der Waals surface area (Å²) < 4.78 is 11.4. The Morgan fingerprint density at radius 2 is 1.70 bits per heavy atom. The molecule has 2 aliphatic heterocycles. The molecule has 0 fully saturated rings. The zero-order valence-electron chi connectivity index (χ0n) is 11.3. The van der Waals surface area contributed by atoms with E-state index in [-0.39, 0.29) is 6.04 Å². The quantitative estimate of drug-likeness (QED) is 0.861. The van der Waals surface area contributed by atoms with E-state index in [2.05, 4.69) is 47.8 Å². The summed E-state index contributed by atoms with van der Waals surface area (Å²) in [6, 6.07) is 15.1. The monoisotopic (exact) mass is 267 g/mol. The number of benzene rings is 2. The standard InChI is InChI=1S/C17H17NO2/c1-2-4-12(5-3-1)17-14-11-16-15(19-8-9-20-16)10-13(14)6-7-18-17/h1-5,10-11,17-18H,6-9H2/t17-/m1/s1. The molecule has 0 spiro atoms. The first-order chi connectivity index (χ1) is 9.92. The number of ether oxygens (including phenoxy) is 2. The van der Waals surface area contributed by atoms with Gasteiger partial charge in [-0.25, -0.2) is 0 Å². The molecule has 2 aromatic carbocycles. The third-order valence-corrected chi connectivity index (χ3v) is 3.99. The first-order valence-electron chi connectivity index (χ1n) is 7.12. The Morgan fingerprint density at radius 3 is 2.50 bits per heavy atom. The van der Waals surface area contributed by atoms with Crippen molar-refractivity contribution in [3.05, 3.63) is 59.2 Å². The Labute approximate surface area is 118 Å². The molecule has 0 bridgehead atoms. The van der Waals surface area contributed by atoms with Crippen LogP contribution in [0.4, 0.5) is 0 Å². The second-order valence-corrected chi connectivity index (χ2v) is 5.24. The molecular weight excluding hydrogens is 250 g/mol. The Kier molecular flexibility index (Phi) is 2.85. The summed E-state index contributed by atoms with van der Waals surface area (Å²) >= 11 is 0. The molecule has 1 atom stereocenters. The normalized spacial score (nSPS) is 20.3. The van der Waals surface area contributed by atoms with Crippen LogP contribution in [0.5, 0.6) is 11.5 Å². The van der Waals surface area contributed by atoms with Gasteiger partial charge in [0.1, 0.15) is 13.2 Å². The van der Waals surface area contributed by atoms with Gasteiger partial charge >= 0.3 is 0 Å². The van der Waals surface area contributed by atoms with Gasteiger partial charge in [0.2, 0.25) is 0 Å². The zero-order chi connectivity index (χ0) is 13.4. The number of nitrogens with one attached hydrogen (secondary N) is 1. The Morgan fingerprint density at radius 1 is 0.950 bits per heavy atom. The zero-order valence-corrected chi connectivity index (χ0v) is 11.3. The summed E-state index contributed by atoms with van der Waals surface area (Å²) in [6.07, 6.45) is 1.04. The van der Waals surface area contributed by atoms with Crippen molar-refractivity contribution in [3.63, 3.8) is 0 Å². The van der Waals surface area contributed by atoms with Crippen LogP contribution in [-0.4, -0.2) is 19.8 Å². The lowest BCUT2D eigenvalue weighted by Gasteiger charge is -2.30. The van der Waals surface area contributed by atoms with E-state index in [0.29, 0.717) is 13.2 Å². The topological polar surface area (TPSA) is 30.5 Å². The van der Waals surface area contributed by atoms with Crippen LogP contribution >= 0.6 is 0 Å². The third-order valence-electron chi connectivity index (χ3n) is 3.99. The van der Waals surface area contributed by atoms with Crippen molar-refractivity contribution in [3.8, 4) is 11.5 Å². The molecule has 102 valence electrons.